The zero-order valence-corrected chi connectivity index (χ0v) is 14.2. The number of hydrogen-bond acceptors (Lipinski definition) is 3. The molecule has 1 unspecified atom stereocenters. The van der Waals surface area contributed by atoms with Crippen LogP contribution >= 0.6 is 12.4 Å². The Morgan fingerprint density at radius 1 is 1.26 bits per heavy atom. The molecule has 1 heterocycles. The molecule has 1 saturated carbocycles. The van der Waals surface area contributed by atoms with Crippen LogP contribution in [0.3, 0.4) is 0 Å². The minimum atomic E-state index is -0.151. The Kier molecular flexibility index (Phi) is 5.65. The van der Waals surface area contributed by atoms with Crippen LogP contribution in [0.5, 0.6) is 0 Å². The SMILES string of the molecule is CN(CC(=O)Nc1ccccc1)C(=O)C1CC12CCNCC2.Cl. The highest BCUT2D eigenvalue weighted by Gasteiger charge is 2.58. The summed E-state index contributed by atoms with van der Waals surface area (Å²) in [5.74, 6) is 0.0799. The van der Waals surface area contributed by atoms with Gasteiger partial charge >= 0.3 is 0 Å². The molecule has 2 N–H and O–H groups in total. The van der Waals surface area contributed by atoms with Crippen molar-refractivity contribution >= 4 is 29.9 Å². The van der Waals surface area contributed by atoms with Gasteiger partial charge in [0.05, 0.1) is 6.54 Å². The van der Waals surface area contributed by atoms with E-state index in [1.54, 1.807) is 11.9 Å². The Labute approximate surface area is 143 Å². The fourth-order valence-corrected chi connectivity index (χ4v) is 3.46. The van der Waals surface area contributed by atoms with Crippen molar-refractivity contribution in [3.63, 3.8) is 0 Å². The number of anilines is 1. The molecule has 6 heteroatoms. The third kappa shape index (κ3) is 4.03. The molecule has 3 rings (SSSR count). The molecule has 0 bridgehead atoms. The Morgan fingerprint density at radius 2 is 1.91 bits per heavy atom. The summed E-state index contributed by atoms with van der Waals surface area (Å²) < 4.78 is 0. The van der Waals surface area contributed by atoms with Gasteiger partial charge in [-0.15, -0.1) is 12.4 Å². The number of piperidine rings is 1. The zero-order chi connectivity index (χ0) is 15.6. The van der Waals surface area contributed by atoms with Crippen molar-refractivity contribution in [2.75, 3.05) is 32.0 Å². The summed E-state index contributed by atoms with van der Waals surface area (Å²) in [6.45, 7) is 2.11. The quantitative estimate of drug-likeness (QED) is 0.882. The molecule has 2 aliphatic rings. The zero-order valence-electron chi connectivity index (χ0n) is 13.4. The van der Waals surface area contributed by atoms with Crippen molar-refractivity contribution in [1.29, 1.82) is 0 Å². The second-order valence-electron chi connectivity index (χ2n) is 6.48. The predicted molar refractivity (Wildman–Crippen MR) is 92.6 cm³/mol. The van der Waals surface area contributed by atoms with E-state index in [0.717, 1.165) is 38.0 Å². The Balaban J connectivity index is 0.00000192. The minimum Gasteiger partial charge on any atom is -0.336 e. The minimum absolute atomic E-state index is 0. The molecule has 0 aromatic heterocycles. The van der Waals surface area contributed by atoms with Crippen LogP contribution in [0.4, 0.5) is 5.69 Å². The first kappa shape index (κ1) is 17.8. The fraction of sp³-hybridized carbons (Fsp3) is 0.529. The van der Waals surface area contributed by atoms with Crippen LogP contribution < -0.4 is 10.6 Å². The van der Waals surface area contributed by atoms with Crippen molar-refractivity contribution in [3.8, 4) is 0 Å². The van der Waals surface area contributed by atoms with Gasteiger partial charge < -0.3 is 15.5 Å². The fourth-order valence-electron chi connectivity index (χ4n) is 3.46. The number of nitrogens with zero attached hydrogens (tertiary/aromatic N) is 1. The molecule has 1 aromatic carbocycles. The highest BCUT2D eigenvalue weighted by Crippen LogP contribution is 2.59. The Bertz CT molecular complexity index is 558. The van der Waals surface area contributed by atoms with Gasteiger partial charge in [-0.05, 0) is 49.9 Å². The lowest BCUT2D eigenvalue weighted by Crippen LogP contribution is -2.38. The molecule has 5 nitrogen and oxygen atoms in total. The van der Waals surface area contributed by atoms with E-state index in [2.05, 4.69) is 10.6 Å². The van der Waals surface area contributed by atoms with E-state index in [1.807, 2.05) is 30.3 Å². The summed E-state index contributed by atoms with van der Waals surface area (Å²) in [5, 5.41) is 6.15. The van der Waals surface area contributed by atoms with E-state index >= 15 is 0 Å². The van der Waals surface area contributed by atoms with Crippen molar-refractivity contribution in [3.05, 3.63) is 30.3 Å². The molecule has 23 heavy (non-hydrogen) atoms. The number of nitrogens with one attached hydrogen (secondary N) is 2. The summed E-state index contributed by atoms with van der Waals surface area (Å²) in [5.41, 5.74) is 0.974. The van der Waals surface area contributed by atoms with Crippen molar-refractivity contribution in [2.24, 2.45) is 11.3 Å². The third-order valence-corrected chi connectivity index (χ3v) is 4.90. The first-order valence-electron chi connectivity index (χ1n) is 7.91. The molecular weight excluding hydrogens is 314 g/mol. The number of likely N-dealkylation sites (N-methyl/N-ethyl adjacent to an activating group) is 1. The lowest BCUT2D eigenvalue weighted by molar-refractivity contribution is -0.135. The summed E-state index contributed by atoms with van der Waals surface area (Å²) in [6, 6.07) is 9.32. The number of hydrogen-bond donors (Lipinski definition) is 2. The van der Waals surface area contributed by atoms with Gasteiger partial charge in [-0.2, -0.15) is 0 Å². The van der Waals surface area contributed by atoms with Gasteiger partial charge in [0, 0.05) is 18.7 Å². The molecule has 2 fully saturated rings. The number of para-hydroxylation sites is 1. The second kappa shape index (κ2) is 7.32. The van der Waals surface area contributed by atoms with E-state index in [9.17, 15) is 9.59 Å². The van der Waals surface area contributed by atoms with Crippen LogP contribution in [-0.4, -0.2) is 43.4 Å². The average Bonchev–Trinajstić information content (AvgIpc) is 3.21. The topological polar surface area (TPSA) is 61.4 Å². The summed E-state index contributed by atoms with van der Waals surface area (Å²) >= 11 is 0. The van der Waals surface area contributed by atoms with E-state index in [4.69, 9.17) is 0 Å². The van der Waals surface area contributed by atoms with Gasteiger partial charge in [-0.25, -0.2) is 0 Å². The van der Waals surface area contributed by atoms with Crippen LogP contribution in [0, 0.1) is 11.3 Å². The molecule has 126 valence electrons. The number of carbonyl (C=O) groups is 2. The van der Waals surface area contributed by atoms with Gasteiger partial charge in [0.25, 0.3) is 0 Å². The maximum Gasteiger partial charge on any atom is 0.243 e. The van der Waals surface area contributed by atoms with Gasteiger partial charge in [0.15, 0.2) is 0 Å². The summed E-state index contributed by atoms with van der Waals surface area (Å²) in [6.07, 6.45) is 3.14. The molecule has 1 aliphatic heterocycles. The smallest absolute Gasteiger partial charge is 0.243 e. The van der Waals surface area contributed by atoms with Gasteiger partial charge in [-0.1, -0.05) is 18.2 Å². The lowest BCUT2D eigenvalue weighted by Gasteiger charge is -2.25. The molecule has 0 radical (unpaired) electrons. The van der Waals surface area contributed by atoms with E-state index < -0.39 is 0 Å². The number of benzene rings is 1. The first-order valence-corrected chi connectivity index (χ1v) is 7.91. The molecular formula is C17H24ClN3O2. The van der Waals surface area contributed by atoms with Crippen molar-refractivity contribution in [1.82, 2.24) is 10.2 Å². The number of carbonyl (C=O) groups excluding carboxylic acids is 2. The van der Waals surface area contributed by atoms with Crippen LogP contribution in [0.2, 0.25) is 0 Å². The normalized spacial score (nSPS) is 21.2. The standard InChI is InChI=1S/C17H23N3O2.ClH/c1-20(12-15(21)19-13-5-3-2-4-6-13)16(22)14-11-17(14)7-9-18-10-8-17;/h2-6,14,18H,7-12H2,1H3,(H,19,21);1H. The van der Waals surface area contributed by atoms with Crippen LogP contribution in [-0.2, 0) is 9.59 Å². The van der Waals surface area contributed by atoms with Crippen LogP contribution in [0.15, 0.2) is 30.3 Å². The number of amides is 2. The Morgan fingerprint density at radius 3 is 2.57 bits per heavy atom. The third-order valence-electron chi connectivity index (χ3n) is 4.90. The highest BCUT2D eigenvalue weighted by molar-refractivity contribution is 5.95. The number of rotatable bonds is 4. The Hall–Kier alpha value is -1.59. The van der Waals surface area contributed by atoms with Crippen LogP contribution in [0.25, 0.3) is 0 Å². The van der Waals surface area contributed by atoms with E-state index in [-0.39, 0.29) is 42.1 Å². The molecule has 1 aromatic rings. The molecule has 1 spiro atoms. The summed E-state index contributed by atoms with van der Waals surface area (Å²) in [4.78, 5) is 26.1. The van der Waals surface area contributed by atoms with Crippen molar-refractivity contribution < 1.29 is 9.59 Å². The molecule has 1 saturated heterocycles. The van der Waals surface area contributed by atoms with Crippen molar-refractivity contribution in [2.45, 2.75) is 19.3 Å². The van der Waals surface area contributed by atoms with Gasteiger partial charge in [-0.3, -0.25) is 9.59 Å². The lowest BCUT2D eigenvalue weighted by atomic mass is 9.91. The first-order chi connectivity index (χ1) is 10.6. The highest BCUT2D eigenvalue weighted by atomic mass is 35.5. The largest absolute Gasteiger partial charge is 0.336 e. The van der Waals surface area contributed by atoms with Gasteiger partial charge in [0.2, 0.25) is 11.8 Å². The molecule has 1 aliphatic carbocycles. The van der Waals surface area contributed by atoms with E-state index in [0.29, 0.717) is 0 Å². The predicted octanol–water partition coefficient (Wildman–Crippen LogP) is 1.90. The molecule has 2 amide bonds. The summed E-state index contributed by atoms with van der Waals surface area (Å²) in [7, 11) is 1.72. The second-order valence-corrected chi connectivity index (χ2v) is 6.48. The maximum atomic E-state index is 12.5. The average molecular weight is 338 g/mol. The van der Waals surface area contributed by atoms with Gasteiger partial charge in [0.1, 0.15) is 0 Å². The van der Waals surface area contributed by atoms with E-state index in [1.165, 1.54) is 0 Å². The van der Waals surface area contributed by atoms with Crippen LogP contribution in [0.1, 0.15) is 19.3 Å². The molecule has 1 atom stereocenters. The monoisotopic (exact) mass is 337 g/mol. The maximum absolute atomic E-state index is 12.5. The number of halogens is 1.